The third kappa shape index (κ3) is 3.10. The van der Waals surface area contributed by atoms with Gasteiger partial charge in [-0.25, -0.2) is 9.97 Å². The zero-order chi connectivity index (χ0) is 16.6. The van der Waals surface area contributed by atoms with Crippen molar-refractivity contribution in [3.05, 3.63) is 52.5 Å². The highest BCUT2D eigenvalue weighted by Crippen LogP contribution is 2.31. The summed E-state index contributed by atoms with van der Waals surface area (Å²) in [4.78, 5) is 12.9. The van der Waals surface area contributed by atoms with Gasteiger partial charge >= 0.3 is 0 Å². The van der Waals surface area contributed by atoms with Crippen molar-refractivity contribution in [1.29, 1.82) is 0 Å². The van der Waals surface area contributed by atoms with Gasteiger partial charge in [0.05, 0.1) is 11.2 Å². The third-order valence-corrected chi connectivity index (χ3v) is 3.93. The van der Waals surface area contributed by atoms with Gasteiger partial charge in [-0.3, -0.25) is 0 Å². The molecule has 0 spiro atoms. The number of halogens is 1. The van der Waals surface area contributed by atoms with E-state index in [0.717, 1.165) is 27.7 Å². The molecule has 1 heterocycles. The fourth-order valence-electron chi connectivity index (χ4n) is 2.34. The fraction of sp³-hybridized carbons (Fsp3) is 0.118. The monoisotopic (exact) mass is 325 g/mol. The first kappa shape index (κ1) is 15.2. The molecule has 0 fully saturated rings. The fourth-order valence-corrected chi connectivity index (χ4v) is 2.50. The lowest BCUT2D eigenvalue weighted by Gasteiger charge is -2.09. The normalized spacial score (nSPS) is 10.7. The van der Waals surface area contributed by atoms with Gasteiger partial charge in [-0.15, -0.1) is 0 Å². The number of rotatable bonds is 2. The van der Waals surface area contributed by atoms with E-state index in [9.17, 15) is 0 Å². The van der Waals surface area contributed by atoms with Crippen LogP contribution in [0.5, 0.6) is 0 Å². The molecule has 3 rings (SSSR count). The van der Waals surface area contributed by atoms with Crippen LogP contribution in [0.4, 0.5) is 5.95 Å². The van der Waals surface area contributed by atoms with E-state index < -0.39 is 0 Å². The van der Waals surface area contributed by atoms with Crippen molar-refractivity contribution >= 4 is 34.4 Å². The Hall–Kier alpha value is -2.66. The van der Waals surface area contributed by atoms with Gasteiger partial charge < -0.3 is 11.5 Å². The third-order valence-electron chi connectivity index (χ3n) is 3.52. The van der Waals surface area contributed by atoms with Crippen LogP contribution in [0.1, 0.15) is 11.1 Å². The molecular formula is C17H16ClN5. The van der Waals surface area contributed by atoms with Crippen molar-refractivity contribution in [3.63, 3.8) is 0 Å². The largest absolute Gasteiger partial charge is 0.370 e. The second-order valence-electron chi connectivity index (χ2n) is 5.39. The number of hydrogen-bond acceptors (Lipinski definition) is 3. The standard InChI is InChI=1S/C17H16ClN5/c1-9-3-5-11(6-4-9)15-12-8-13(18)10(2)7-14(12)21-17(22-15)23-16(19)20/h3-8H,1-2H3,(H4,19,20,21,22,23). The highest BCUT2D eigenvalue weighted by molar-refractivity contribution is 6.32. The zero-order valence-electron chi connectivity index (χ0n) is 12.8. The minimum atomic E-state index is -0.0788. The highest BCUT2D eigenvalue weighted by atomic mass is 35.5. The molecule has 2 aromatic carbocycles. The summed E-state index contributed by atoms with van der Waals surface area (Å²) in [6.07, 6.45) is 0. The maximum atomic E-state index is 6.27. The quantitative estimate of drug-likeness (QED) is 0.557. The Morgan fingerprint density at radius 2 is 1.74 bits per heavy atom. The van der Waals surface area contributed by atoms with Gasteiger partial charge in [-0.1, -0.05) is 41.4 Å². The summed E-state index contributed by atoms with van der Waals surface area (Å²) in [5.74, 6) is 0.152. The van der Waals surface area contributed by atoms with Crippen LogP contribution in [0.3, 0.4) is 0 Å². The Balaban J connectivity index is 2.34. The van der Waals surface area contributed by atoms with E-state index in [0.29, 0.717) is 5.02 Å². The number of hydrogen-bond donors (Lipinski definition) is 2. The number of aromatic nitrogens is 2. The highest BCUT2D eigenvalue weighted by Gasteiger charge is 2.12. The zero-order valence-corrected chi connectivity index (χ0v) is 13.6. The molecule has 0 radical (unpaired) electrons. The molecule has 1 aromatic heterocycles. The van der Waals surface area contributed by atoms with Crippen LogP contribution in [-0.4, -0.2) is 15.9 Å². The van der Waals surface area contributed by atoms with Gasteiger partial charge in [-0.2, -0.15) is 4.99 Å². The number of aryl methyl sites for hydroxylation is 2. The summed E-state index contributed by atoms with van der Waals surface area (Å²) in [6, 6.07) is 11.8. The van der Waals surface area contributed by atoms with Crippen molar-refractivity contribution < 1.29 is 0 Å². The van der Waals surface area contributed by atoms with E-state index in [2.05, 4.69) is 15.0 Å². The summed E-state index contributed by atoms with van der Waals surface area (Å²) in [5.41, 5.74) is 15.5. The smallest absolute Gasteiger partial charge is 0.253 e. The van der Waals surface area contributed by atoms with Crippen LogP contribution in [0.25, 0.3) is 22.2 Å². The molecule has 0 atom stereocenters. The van der Waals surface area contributed by atoms with Gasteiger partial charge in [0, 0.05) is 16.0 Å². The topological polar surface area (TPSA) is 90.2 Å². The van der Waals surface area contributed by atoms with Crippen LogP contribution >= 0.6 is 11.6 Å². The van der Waals surface area contributed by atoms with Crippen molar-refractivity contribution in [2.24, 2.45) is 16.5 Å². The van der Waals surface area contributed by atoms with E-state index in [1.165, 1.54) is 5.56 Å². The van der Waals surface area contributed by atoms with E-state index >= 15 is 0 Å². The lowest BCUT2D eigenvalue weighted by molar-refractivity contribution is 1.17. The van der Waals surface area contributed by atoms with Crippen LogP contribution in [0.15, 0.2) is 41.4 Å². The molecule has 116 valence electrons. The molecular weight excluding hydrogens is 310 g/mol. The summed E-state index contributed by atoms with van der Waals surface area (Å²) >= 11 is 6.27. The van der Waals surface area contributed by atoms with Crippen LogP contribution in [0, 0.1) is 13.8 Å². The molecule has 0 unspecified atom stereocenters. The van der Waals surface area contributed by atoms with E-state index in [-0.39, 0.29) is 11.9 Å². The molecule has 0 aliphatic heterocycles. The maximum Gasteiger partial charge on any atom is 0.253 e. The number of nitrogens with two attached hydrogens (primary N) is 2. The average molecular weight is 326 g/mol. The maximum absolute atomic E-state index is 6.27. The number of aliphatic imine (C=N–C) groups is 1. The molecule has 0 bridgehead atoms. The molecule has 3 aromatic rings. The summed E-state index contributed by atoms with van der Waals surface area (Å²) in [6.45, 7) is 3.96. The Morgan fingerprint density at radius 3 is 2.39 bits per heavy atom. The van der Waals surface area contributed by atoms with Crippen molar-refractivity contribution in [2.45, 2.75) is 13.8 Å². The second-order valence-corrected chi connectivity index (χ2v) is 5.80. The van der Waals surface area contributed by atoms with Gasteiger partial charge in [0.15, 0.2) is 5.96 Å². The predicted molar refractivity (Wildman–Crippen MR) is 94.9 cm³/mol. The number of benzene rings is 2. The van der Waals surface area contributed by atoms with Crippen LogP contribution < -0.4 is 11.5 Å². The number of guanidine groups is 1. The number of fused-ring (bicyclic) bond motifs is 1. The summed E-state index contributed by atoms with van der Waals surface area (Å²) in [5, 5.41) is 1.53. The molecule has 23 heavy (non-hydrogen) atoms. The molecule has 0 saturated heterocycles. The molecule has 0 aliphatic rings. The van der Waals surface area contributed by atoms with Crippen LogP contribution in [0.2, 0.25) is 5.02 Å². The van der Waals surface area contributed by atoms with Gasteiger partial charge in [0.2, 0.25) is 0 Å². The van der Waals surface area contributed by atoms with E-state index in [4.69, 9.17) is 23.1 Å². The first-order chi connectivity index (χ1) is 10.9. The van der Waals surface area contributed by atoms with E-state index in [1.807, 2.05) is 50.2 Å². The second kappa shape index (κ2) is 5.85. The van der Waals surface area contributed by atoms with E-state index in [1.54, 1.807) is 0 Å². The summed E-state index contributed by atoms with van der Waals surface area (Å²) in [7, 11) is 0. The molecule has 4 N–H and O–H groups in total. The lowest BCUT2D eigenvalue weighted by atomic mass is 10.0. The summed E-state index contributed by atoms with van der Waals surface area (Å²) < 4.78 is 0. The van der Waals surface area contributed by atoms with Crippen molar-refractivity contribution in [1.82, 2.24) is 9.97 Å². The lowest BCUT2D eigenvalue weighted by Crippen LogP contribution is -2.22. The van der Waals surface area contributed by atoms with Gasteiger partial charge in [-0.05, 0) is 31.5 Å². The average Bonchev–Trinajstić information content (AvgIpc) is 2.48. The molecule has 5 nitrogen and oxygen atoms in total. The van der Waals surface area contributed by atoms with Gasteiger partial charge in [0.25, 0.3) is 5.95 Å². The molecule has 0 aliphatic carbocycles. The Labute approximate surface area is 139 Å². The Morgan fingerprint density at radius 1 is 1.04 bits per heavy atom. The minimum Gasteiger partial charge on any atom is -0.370 e. The van der Waals surface area contributed by atoms with Crippen LogP contribution in [-0.2, 0) is 0 Å². The molecule has 0 amide bonds. The first-order valence-corrected chi connectivity index (χ1v) is 7.46. The Bertz CT molecular complexity index is 912. The van der Waals surface area contributed by atoms with Crippen molar-refractivity contribution in [2.75, 3.05) is 0 Å². The first-order valence-electron chi connectivity index (χ1n) is 7.08. The predicted octanol–water partition coefficient (Wildman–Crippen LogP) is 3.47. The Kier molecular flexibility index (Phi) is 3.88. The van der Waals surface area contributed by atoms with Crippen molar-refractivity contribution in [3.8, 4) is 11.3 Å². The SMILES string of the molecule is Cc1ccc(-c2nc(N=C(N)N)nc3cc(C)c(Cl)cc23)cc1. The minimum absolute atomic E-state index is 0.0788. The molecule has 6 heteroatoms. The molecule has 0 saturated carbocycles. The van der Waals surface area contributed by atoms with Gasteiger partial charge in [0.1, 0.15) is 0 Å². The number of nitrogens with zero attached hydrogens (tertiary/aromatic N) is 3.